The van der Waals surface area contributed by atoms with Gasteiger partial charge in [-0.05, 0) is 85.5 Å². The van der Waals surface area contributed by atoms with Crippen LogP contribution in [0, 0.1) is 17.8 Å². The molecule has 0 spiro atoms. The number of halogens is 3. The third-order valence-corrected chi connectivity index (χ3v) is 8.28. The molecule has 4 aliphatic carbocycles. The maximum absolute atomic E-state index is 13.3. The van der Waals surface area contributed by atoms with E-state index < -0.39 is 23.2 Å². The van der Waals surface area contributed by atoms with Gasteiger partial charge in [0.1, 0.15) is 5.69 Å². The summed E-state index contributed by atoms with van der Waals surface area (Å²) < 4.78 is 39.6. The van der Waals surface area contributed by atoms with Crippen LogP contribution in [0.25, 0.3) is 22.0 Å². The lowest BCUT2D eigenvalue weighted by Crippen LogP contribution is -2.48. The lowest BCUT2D eigenvalue weighted by Gasteiger charge is -2.57. The Hall–Kier alpha value is -3.16. The number of nitrogens with one attached hydrogen (secondary N) is 1. The first-order valence-electron chi connectivity index (χ1n) is 12.1. The molecule has 4 bridgehead atoms. The first-order chi connectivity index (χ1) is 16.6. The minimum atomic E-state index is -4.45. The summed E-state index contributed by atoms with van der Waals surface area (Å²) in [5.41, 5.74) is 3.15. The highest BCUT2D eigenvalue weighted by Crippen LogP contribution is 2.61. The fraction of sp³-hybridized carbons (Fsp3) is 0.444. The van der Waals surface area contributed by atoms with Crippen molar-refractivity contribution >= 4 is 16.7 Å². The van der Waals surface area contributed by atoms with Gasteiger partial charge >= 0.3 is 6.18 Å². The Morgan fingerprint density at radius 1 is 1.00 bits per heavy atom. The molecule has 0 unspecified atom stereocenters. The smallest absolute Gasteiger partial charge is 0.274 e. The molecule has 1 aromatic heterocycles. The number of amides is 1. The van der Waals surface area contributed by atoms with Gasteiger partial charge in [0.05, 0.1) is 10.9 Å². The SMILES string of the molecule is CC(=O)Nn1nc(-c2ccc(C(F)(F)F)cc2)c2c(C34CC5CC(CC(C5)C3)C4)cccc2c1=O. The van der Waals surface area contributed by atoms with Crippen LogP contribution in [0.15, 0.2) is 47.3 Å². The van der Waals surface area contributed by atoms with Gasteiger partial charge in [0.2, 0.25) is 5.91 Å². The number of rotatable bonds is 3. The highest BCUT2D eigenvalue weighted by Gasteiger charge is 2.52. The van der Waals surface area contributed by atoms with E-state index in [1.807, 2.05) is 6.07 Å². The van der Waals surface area contributed by atoms with Crippen LogP contribution < -0.4 is 11.0 Å². The van der Waals surface area contributed by atoms with Crippen LogP contribution in [0.2, 0.25) is 0 Å². The molecule has 0 aliphatic heterocycles. The lowest BCUT2D eigenvalue weighted by atomic mass is 9.47. The van der Waals surface area contributed by atoms with E-state index in [2.05, 4.69) is 16.6 Å². The zero-order chi connectivity index (χ0) is 24.5. The summed E-state index contributed by atoms with van der Waals surface area (Å²) in [7, 11) is 0. The van der Waals surface area contributed by atoms with E-state index >= 15 is 0 Å². The van der Waals surface area contributed by atoms with Crippen LogP contribution in [0.5, 0.6) is 0 Å². The molecule has 0 radical (unpaired) electrons. The van der Waals surface area contributed by atoms with E-state index in [0.29, 0.717) is 39.8 Å². The van der Waals surface area contributed by atoms with Crippen molar-refractivity contribution < 1.29 is 18.0 Å². The molecule has 1 heterocycles. The summed E-state index contributed by atoms with van der Waals surface area (Å²) in [6, 6.07) is 10.5. The molecule has 7 rings (SSSR count). The number of carbonyl (C=O) groups excluding carboxylic acids is 1. The normalized spacial score (nSPS) is 27.4. The first-order valence-corrected chi connectivity index (χ1v) is 12.1. The van der Waals surface area contributed by atoms with Crippen molar-refractivity contribution in [2.24, 2.45) is 17.8 Å². The van der Waals surface area contributed by atoms with Crippen LogP contribution in [-0.4, -0.2) is 15.8 Å². The zero-order valence-corrected chi connectivity index (χ0v) is 19.4. The van der Waals surface area contributed by atoms with Crippen molar-refractivity contribution in [2.75, 3.05) is 5.43 Å². The summed E-state index contributed by atoms with van der Waals surface area (Å²) in [4.78, 5) is 26.0. The van der Waals surface area contributed by atoms with Crippen molar-refractivity contribution in [2.45, 2.75) is 57.0 Å². The van der Waals surface area contributed by atoms with Gasteiger partial charge in [-0.3, -0.25) is 9.59 Å². The predicted octanol–water partition coefficient (Wildman–Crippen LogP) is 5.64. The molecule has 2 aromatic carbocycles. The molecule has 4 fully saturated rings. The fourth-order valence-electron chi connectivity index (χ4n) is 7.42. The molecular formula is C27H26F3N3O2. The Labute approximate surface area is 200 Å². The van der Waals surface area contributed by atoms with E-state index in [0.717, 1.165) is 41.7 Å². The van der Waals surface area contributed by atoms with Gasteiger partial charge in [-0.1, -0.05) is 24.3 Å². The van der Waals surface area contributed by atoms with Crippen molar-refractivity contribution in [1.29, 1.82) is 0 Å². The van der Waals surface area contributed by atoms with Gasteiger partial charge < -0.3 is 0 Å². The Kier molecular flexibility index (Phi) is 4.89. The van der Waals surface area contributed by atoms with E-state index in [4.69, 9.17) is 0 Å². The predicted molar refractivity (Wildman–Crippen MR) is 126 cm³/mol. The Morgan fingerprint density at radius 2 is 1.60 bits per heavy atom. The van der Waals surface area contributed by atoms with E-state index in [-0.39, 0.29) is 5.41 Å². The van der Waals surface area contributed by atoms with Crippen LogP contribution in [0.3, 0.4) is 0 Å². The lowest BCUT2D eigenvalue weighted by molar-refractivity contribution is -0.137. The van der Waals surface area contributed by atoms with E-state index in [1.54, 1.807) is 6.07 Å². The Morgan fingerprint density at radius 3 is 2.14 bits per heavy atom. The number of aromatic nitrogens is 2. The summed E-state index contributed by atoms with van der Waals surface area (Å²) in [6.07, 6.45) is 2.56. The third-order valence-electron chi connectivity index (χ3n) is 8.28. The Balaban J connectivity index is 1.60. The second-order valence-electron chi connectivity index (χ2n) is 10.7. The van der Waals surface area contributed by atoms with Gasteiger partial charge in [-0.25, -0.2) is 5.43 Å². The molecule has 4 aliphatic rings. The molecule has 4 saturated carbocycles. The van der Waals surface area contributed by atoms with E-state index in [1.165, 1.54) is 38.3 Å². The number of hydrogen-bond donors (Lipinski definition) is 1. The number of benzene rings is 2. The number of fused-ring (bicyclic) bond motifs is 1. The van der Waals surface area contributed by atoms with Crippen molar-refractivity contribution in [3.8, 4) is 11.3 Å². The monoisotopic (exact) mass is 481 g/mol. The molecule has 3 aromatic rings. The average molecular weight is 482 g/mol. The minimum Gasteiger partial charge on any atom is -0.274 e. The number of carbonyl (C=O) groups is 1. The summed E-state index contributed by atoms with van der Waals surface area (Å²) in [5, 5.41) is 5.59. The first kappa shape index (κ1) is 22.3. The molecule has 0 atom stereocenters. The largest absolute Gasteiger partial charge is 0.416 e. The minimum absolute atomic E-state index is 0.0524. The van der Waals surface area contributed by atoms with Crippen LogP contribution in [-0.2, 0) is 16.4 Å². The van der Waals surface area contributed by atoms with Crippen molar-refractivity contribution in [3.05, 3.63) is 63.9 Å². The van der Waals surface area contributed by atoms with Crippen LogP contribution >= 0.6 is 0 Å². The number of alkyl halides is 3. The molecule has 5 nitrogen and oxygen atoms in total. The summed E-state index contributed by atoms with van der Waals surface area (Å²) in [6.45, 7) is 1.28. The Bertz CT molecular complexity index is 1360. The van der Waals surface area contributed by atoms with Crippen molar-refractivity contribution in [1.82, 2.24) is 9.89 Å². The molecule has 1 N–H and O–H groups in total. The quantitative estimate of drug-likeness (QED) is 0.527. The van der Waals surface area contributed by atoms with Crippen LogP contribution in [0.4, 0.5) is 13.2 Å². The zero-order valence-electron chi connectivity index (χ0n) is 19.4. The molecule has 0 saturated heterocycles. The topological polar surface area (TPSA) is 64.0 Å². The standard InChI is InChI=1S/C27H26F3N3O2/c1-15(34)31-33-25(35)21-3-2-4-22(26-12-16-9-17(13-26)11-18(10-16)14-26)23(21)24(32-33)19-5-7-20(8-6-19)27(28,29)30/h2-8,16-18H,9-14H2,1H3,(H,31,34). The fourth-order valence-corrected chi connectivity index (χ4v) is 7.42. The van der Waals surface area contributed by atoms with Crippen LogP contribution in [0.1, 0.15) is 56.6 Å². The maximum atomic E-state index is 13.3. The van der Waals surface area contributed by atoms with Crippen molar-refractivity contribution in [3.63, 3.8) is 0 Å². The number of nitrogens with zero attached hydrogens (tertiary/aromatic N) is 2. The second-order valence-corrected chi connectivity index (χ2v) is 10.7. The molecule has 8 heteroatoms. The maximum Gasteiger partial charge on any atom is 0.416 e. The molecular weight excluding hydrogens is 455 g/mol. The third kappa shape index (κ3) is 3.65. The second kappa shape index (κ2) is 7.67. The van der Waals surface area contributed by atoms with Gasteiger partial charge in [0.15, 0.2) is 0 Å². The molecule has 35 heavy (non-hydrogen) atoms. The summed E-state index contributed by atoms with van der Waals surface area (Å²) in [5.74, 6) is 1.57. The summed E-state index contributed by atoms with van der Waals surface area (Å²) >= 11 is 0. The highest BCUT2D eigenvalue weighted by molar-refractivity contribution is 5.97. The molecule has 182 valence electrons. The van der Waals surface area contributed by atoms with Gasteiger partial charge in [0.25, 0.3) is 5.56 Å². The molecule has 1 amide bonds. The number of hydrogen-bond acceptors (Lipinski definition) is 3. The van der Waals surface area contributed by atoms with Gasteiger partial charge in [0, 0.05) is 17.9 Å². The van der Waals surface area contributed by atoms with Gasteiger partial charge in [-0.15, -0.1) is 9.89 Å². The van der Waals surface area contributed by atoms with Gasteiger partial charge in [-0.2, -0.15) is 13.2 Å². The highest BCUT2D eigenvalue weighted by atomic mass is 19.4. The van der Waals surface area contributed by atoms with E-state index in [9.17, 15) is 22.8 Å². The average Bonchev–Trinajstić information content (AvgIpc) is 2.79.